The molecule has 0 saturated carbocycles. The molecule has 2 nitrogen and oxygen atoms in total. The van der Waals surface area contributed by atoms with E-state index in [1.807, 2.05) is 0 Å². The van der Waals surface area contributed by atoms with Crippen LogP contribution in [-0.2, 0) is 6.42 Å². The molecule has 0 fully saturated rings. The van der Waals surface area contributed by atoms with E-state index in [9.17, 15) is 0 Å². The average molecular weight is 188 g/mol. The predicted octanol–water partition coefficient (Wildman–Crippen LogP) is 1.96. The van der Waals surface area contributed by atoms with Crippen LogP contribution in [-0.4, -0.2) is 30.9 Å². The molecule has 0 radical (unpaired) electrons. The van der Waals surface area contributed by atoms with Gasteiger partial charge in [-0.05, 0) is 12.0 Å². The lowest BCUT2D eigenvalue weighted by molar-refractivity contribution is 0.459. The molecule has 74 valence electrons. The smallest absolute Gasteiger partial charge is 0.103 e. The molecule has 1 aromatic rings. The largest absolute Gasteiger partial charge is 0.363 e. The molecule has 1 heterocycles. The summed E-state index contributed by atoms with van der Waals surface area (Å²) in [5.41, 5.74) is 1.35. The van der Waals surface area contributed by atoms with Gasteiger partial charge in [0.15, 0.2) is 0 Å². The molecule has 2 heteroatoms. The molecule has 1 aliphatic rings. The van der Waals surface area contributed by atoms with Crippen molar-refractivity contribution in [1.29, 1.82) is 0 Å². The maximum absolute atomic E-state index is 4.55. The Morgan fingerprint density at radius 1 is 1.29 bits per heavy atom. The van der Waals surface area contributed by atoms with Gasteiger partial charge in [0, 0.05) is 26.6 Å². The van der Waals surface area contributed by atoms with Crippen LogP contribution in [0.5, 0.6) is 0 Å². The Kier molecular flexibility index (Phi) is 2.82. The molecule has 0 amide bonds. The molecule has 0 aromatic heterocycles. The molecule has 0 spiro atoms. The summed E-state index contributed by atoms with van der Waals surface area (Å²) in [5, 5.41) is 0. The van der Waals surface area contributed by atoms with Crippen LogP contribution in [0.1, 0.15) is 12.0 Å². The van der Waals surface area contributed by atoms with Crippen LogP contribution in [0.15, 0.2) is 35.3 Å². The summed E-state index contributed by atoms with van der Waals surface area (Å²) >= 11 is 0. The van der Waals surface area contributed by atoms with Crippen LogP contribution < -0.4 is 0 Å². The van der Waals surface area contributed by atoms with Gasteiger partial charge in [0.25, 0.3) is 0 Å². The lowest BCUT2D eigenvalue weighted by atomic mass is 10.1. The third-order valence-electron chi connectivity index (χ3n) is 2.59. The Balaban J connectivity index is 2.07. The van der Waals surface area contributed by atoms with Crippen LogP contribution in [0.3, 0.4) is 0 Å². The van der Waals surface area contributed by atoms with Crippen molar-refractivity contribution in [1.82, 2.24) is 4.90 Å². The lowest BCUT2D eigenvalue weighted by Gasteiger charge is -2.25. The Hall–Kier alpha value is -1.31. The molecule has 0 atom stereocenters. The van der Waals surface area contributed by atoms with Gasteiger partial charge in [0.2, 0.25) is 0 Å². The summed E-state index contributed by atoms with van der Waals surface area (Å²) in [6.07, 6.45) is 2.16. The van der Waals surface area contributed by atoms with Gasteiger partial charge in [-0.1, -0.05) is 30.3 Å². The van der Waals surface area contributed by atoms with Crippen molar-refractivity contribution in [2.45, 2.75) is 12.8 Å². The van der Waals surface area contributed by atoms with Gasteiger partial charge in [-0.15, -0.1) is 0 Å². The number of rotatable bonds is 2. The van der Waals surface area contributed by atoms with E-state index >= 15 is 0 Å². The first-order valence-electron chi connectivity index (χ1n) is 5.14. The summed E-state index contributed by atoms with van der Waals surface area (Å²) < 4.78 is 0. The van der Waals surface area contributed by atoms with E-state index in [1.165, 1.54) is 17.8 Å². The second kappa shape index (κ2) is 4.27. The molecule has 1 aromatic carbocycles. The van der Waals surface area contributed by atoms with Gasteiger partial charge in [-0.25, -0.2) is 0 Å². The molecule has 0 bridgehead atoms. The first-order chi connectivity index (χ1) is 6.86. The maximum atomic E-state index is 4.55. The van der Waals surface area contributed by atoms with Crippen LogP contribution in [0, 0.1) is 0 Å². The maximum Gasteiger partial charge on any atom is 0.103 e. The van der Waals surface area contributed by atoms with Crippen LogP contribution in [0.25, 0.3) is 0 Å². The number of likely N-dealkylation sites (N-methyl/N-ethyl adjacent to an activating group) is 1. The fourth-order valence-corrected chi connectivity index (χ4v) is 1.74. The Labute approximate surface area is 85.3 Å². The predicted molar refractivity (Wildman–Crippen MR) is 59.7 cm³/mol. The highest BCUT2D eigenvalue weighted by atomic mass is 15.2. The van der Waals surface area contributed by atoms with Crippen molar-refractivity contribution >= 4 is 5.84 Å². The highest BCUT2D eigenvalue weighted by molar-refractivity contribution is 5.84. The SMILES string of the molecule is CN1CCCN=C1Cc1ccccc1. The van der Waals surface area contributed by atoms with Crippen molar-refractivity contribution in [3.05, 3.63) is 35.9 Å². The summed E-state index contributed by atoms with van der Waals surface area (Å²) in [6.45, 7) is 2.14. The van der Waals surface area contributed by atoms with Gasteiger partial charge in [0.05, 0.1) is 0 Å². The molecular weight excluding hydrogens is 172 g/mol. The molecule has 14 heavy (non-hydrogen) atoms. The summed E-state index contributed by atoms with van der Waals surface area (Å²) in [4.78, 5) is 6.81. The number of nitrogens with zero attached hydrogens (tertiary/aromatic N) is 2. The van der Waals surface area contributed by atoms with E-state index in [2.05, 4.69) is 47.3 Å². The minimum absolute atomic E-state index is 0.970. The van der Waals surface area contributed by atoms with Crippen molar-refractivity contribution in [3.8, 4) is 0 Å². The normalized spacial score (nSPS) is 16.6. The van der Waals surface area contributed by atoms with Crippen molar-refractivity contribution in [2.24, 2.45) is 4.99 Å². The van der Waals surface area contributed by atoms with Crippen LogP contribution >= 0.6 is 0 Å². The highest BCUT2D eigenvalue weighted by Gasteiger charge is 2.10. The first-order valence-corrected chi connectivity index (χ1v) is 5.14. The van der Waals surface area contributed by atoms with Crippen molar-refractivity contribution in [3.63, 3.8) is 0 Å². The van der Waals surface area contributed by atoms with E-state index in [4.69, 9.17) is 0 Å². The lowest BCUT2D eigenvalue weighted by Crippen LogP contribution is -2.33. The third-order valence-corrected chi connectivity index (χ3v) is 2.59. The second-order valence-electron chi connectivity index (χ2n) is 3.74. The fraction of sp³-hybridized carbons (Fsp3) is 0.417. The molecule has 0 N–H and O–H groups in total. The number of aliphatic imine (C=N–C) groups is 1. The topological polar surface area (TPSA) is 15.6 Å². The second-order valence-corrected chi connectivity index (χ2v) is 3.74. The quantitative estimate of drug-likeness (QED) is 0.692. The average Bonchev–Trinajstić information content (AvgIpc) is 2.23. The first kappa shape index (κ1) is 9.25. The Morgan fingerprint density at radius 2 is 2.07 bits per heavy atom. The highest BCUT2D eigenvalue weighted by Crippen LogP contribution is 2.07. The van der Waals surface area contributed by atoms with Crippen molar-refractivity contribution in [2.75, 3.05) is 20.1 Å². The summed E-state index contributed by atoms with van der Waals surface area (Å²) in [5.74, 6) is 1.22. The van der Waals surface area contributed by atoms with Gasteiger partial charge in [-0.2, -0.15) is 0 Å². The van der Waals surface area contributed by atoms with Gasteiger partial charge >= 0.3 is 0 Å². The monoisotopic (exact) mass is 188 g/mol. The fourth-order valence-electron chi connectivity index (χ4n) is 1.74. The molecular formula is C12H16N2. The number of benzene rings is 1. The van der Waals surface area contributed by atoms with Gasteiger partial charge in [0.1, 0.15) is 5.84 Å². The molecule has 0 unspecified atom stereocenters. The van der Waals surface area contributed by atoms with E-state index in [0.717, 1.165) is 19.5 Å². The minimum atomic E-state index is 0.970. The van der Waals surface area contributed by atoms with Gasteiger partial charge in [-0.3, -0.25) is 4.99 Å². The van der Waals surface area contributed by atoms with E-state index < -0.39 is 0 Å². The zero-order valence-electron chi connectivity index (χ0n) is 8.61. The van der Waals surface area contributed by atoms with Gasteiger partial charge < -0.3 is 4.90 Å². The molecule has 1 aliphatic heterocycles. The standard InChI is InChI=1S/C12H16N2/c1-14-9-5-8-13-12(14)10-11-6-3-2-4-7-11/h2-4,6-7H,5,8-10H2,1H3. The zero-order chi connectivity index (χ0) is 9.80. The van der Waals surface area contributed by atoms with Crippen LogP contribution in [0.4, 0.5) is 0 Å². The third kappa shape index (κ3) is 2.13. The van der Waals surface area contributed by atoms with Crippen molar-refractivity contribution < 1.29 is 0 Å². The van der Waals surface area contributed by atoms with Crippen LogP contribution in [0.2, 0.25) is 0 Å². The Bertz CT molecular complexity index is 316. The zero-order valence-corrected chi connectivity index (χ0v) is 8.61. The van der Waals surface area contributed by atoms with E-state index in [1.54, 1.807) is 0 Å². The van der Waals surface area contributed by atoms with E-state index in [0.29, 0.717) is 0 Å². The minimum Gasteiger partial charge on any atom is -0.363 e. The molecule has 0 aliphatic carbocycles. The van der Waals surface area contributed by atoms with E-state index in [-0.39, 0.29) is 0 Å². The Morgan fingerprint density at radius 3 is 2.79 bits per heavy atom. The molecule has 2 rings (SSSR count). The summed E-state index contributed by atoms with van der Waals surface area (Å²) in [7, 11) is 2.13. The number of amidine groups is 1. The molecule has 0 saturated heterocycles. The number of hydrogen-bond donors (Lipinski definition) is 0. The number of hydrogen-bond acceptors (Lipinski definition) is 2. The summed E-state index contributed by atoms with van der Waals surface area (Å²) in [6, 6.07) is 10.5.